The first kappa shape index (κ1) is 32.7. The van der Waals surface area contributed by atoms with Crippen LogP contribution >= 0.6 is 0 Å². The highest BCUT2D eigenvalue weighted by atomic mass is 15.2. The van der Waals surface area contributed by atoms with Gasteiger partial charge in [0.1, 0.15) is 0 Å². The Morgan fingerprint density at radius 3 is 2.00 bits per heavy atom. The maximum atomic E-state index is 2.83. The van der Waals surface area contributed by atoms with Gasteiger partial charge in [-0.2, -0.15) is 0 Å². The van der Waals surface area contributed by atoms with Gasteiger partial charge in [0, 0.05) is 16.8 Å². The number of hydrogen-bond donors (Lipinski definition) is 0. The molecular formula is C52H51N. The van der Waals surface area contributed by atoms with Gasteiger partial charge in [-0.25, -0.2) is 0 Å². The smallest absolute Gasteiger partial charge is 0.0602 e. The summed E-state index contributed by atoms with van der Waals surface area (Å²) in [6.45, 7) is 4.91. The number of hydrogen-bond acceptors (Lipinski definition) is 1. The third kappa shape index (κ3) is 5.03. The van der Waals surface area contributed by atoms with Gasteiger partial charge >= 0.3 is 0 Å². The predicted octanol–water partition coefficient (Wildman–Crippen LogP) is 13.2. The van der Waals surface area contributed by atoms with Crippen LogP contribution in [0.15, 0.2) is 178 Å². The standard InChI is InChI=1S/C52H51N/c1-51(2)46-25-13-9-22-42(46)45-34-33-40(35-49(45)51)53(50-28-16-12-21-41(50)36-17-5-3-6-18-36)39-31-29-38(30-32-39)52(37-19-7-4-8-20-37)47-26-14-10-23-43(47)44-24-11-15-27-48(44)52/h3-5,7,9-14,17,19,21-26,29,31,33-34,40H,6,8,15-16,18,20,27-28,30,32,35H2,1-2H3. The first-order chi connectivity index (χ1) is 26.1. The van der Waals surface area contributed by atoms with Gasteiger partial charge in [0.2, 0.25) is 0 Å². The van der Waals surface area contributed by atoms with Gasteiger partial charge in [-0.1, -0.05) is 153 Å². The van der Waals surface area contributed by atoms with E-state index < -0.39 is 0 Å². The van der Waals surface area contributed by atoms with E-state index in [0.717, 1.165) is 70.6 Å². The van der Waals surface area contributed by atoms with Crippen molar-refractivity contribution in [1.82, 2.24) is 4.90 Å². The van der Waals surface area contributed by atoms with Crippen molar-refractivity contribution in [2.45, 2.75) is 101 Å². The Kier molecular flexibility index (Phi) is 7.97. The molecule has 2 aromatic carbocycles. The van der Waals surface area contributed by atoms with E-state index in [4.69, 9.17) is 0 Å². The first-order valence-electron chi connectivity index (χ1n) is 20.4. The summed E-state index contributed by atoms with van der Waals surface area (Å²) in [7, 11) is 0. The van der Waals surface area contributed by atoms with Crippen molar-refractivity contribution < 1.29 is 0 Å². The summed E-state index contributed by atoms with van der Waals surface area (Å²) in [6.07, 6.45) is 46.1. The molecule has 2 atom stereocenters. The Morgan fingerprint density at radius 2 is 1.25 bits per heavy atom. The van der Waals surface area contributed by atoms with Gasteiger partial charge in [0.05, 0.1) is 11.5 Å². The van der Waals surface area contributed by atoms with E-state index in [0.29, 0.717) is 0 Å². The van der Waals surface area contributed by atoms with Crippen LogP contribution in [0.1, 0.15) is 107 Å². The molecule has 0 saturated heterocycles. The number of benzene rings is 2. The molecule has 1 heteroatoms. The Bertz CT molecular complexity index is 2290. The Labute approximate surface area is 317 Å². The van der Waals surface area contributed by atoms with Crippen molar-refractivity contribution in [1.29, 1.82) is 0 Å². The fourth-order valence-electron chi connectivity index (χ4n) is 11.3. The molecule has 0 fully saturated rings. The largest absolute Gasteiger partial charge is 0.341 e. The molecule has 0 heterocycles. The van der Waals surface area contributed by atoms with Crippen molar-refractivity contribution in [3.05, 3.63) is 201 Å². The first-order valence-corrected chi connectivity index (χ1v) is 20.4. The second kappa shape index (κ2) is 12.9. The Balaban J connectivity index is 1.12. The maximum Gasteiger partial charge on any atom is 0.0602 e. The second-order valence-corrected chi connectivity index (χ2v) is 16.7. The molecule has 8 aliphatic carbocycles. The summed E-state index contributed by atoms with van der Waals surface area (Å²) in [6, 6.07) is 18.8. The van der Waals surface area contributed by atoms with Gasteiger partial charge in [-0.15, -0.1) is 0 Å². The van der Waals surface area contributed by atoms with Crippen molar-refractivity contribution in [3.63, 3.8) is 0 Å². The monoisotopic (exact) mass is 689 g/mol. The molecule has 0 radical (unpaired) electrons. The zero-order valence-electron chi connectivity index (χ0n) is 31.5. The number of rotatable bonds is 6. The van der Waals surface area contributed by atoms with Crippen LogP contribution in [0.2, 0.25) is 0 Å². The molecule has 0 aromatic heterocycles. The van der Waals surface area contributed by atoms with Gasteiger partial charge in [0.15, 0.2) is 0 Å². The minimum atomic E-state index is -0.143. The van der Waals surface area contributed by atoms with Crippen LogP contribution in [0.5, 0.6) is 0 Å². The molecule has 0 saturated carbocycles. The van der Waals surface area contributed by atoms with Gasteiger partial charge < -0.3 is 4.90 Å². The lowest BCUT2D eigenvalue weighted by atomic mass is 9.61. The molecule has 1 nitrogen and oxygen atoms in total. The summed E-state index contributed by atoms with van der Waals surface area (Å²) < 4.78 is 0. The van der Waals surface area contributed by atoms with Crippen molar-refractivity contribution in [2.24, 2.45) is 0 Å². The molecule has 0 spiro atoms. The lowest BCUT2D eigenvalue weighted by Crippen LogP contribution is -2.38. The summed E-state index contributed by atoms with van der Waals surface area (Å²) in [4.78, 5) is 2.83. The quantitative estimate of drug-likeness (QED) is 0.292. The predicted molar refractivity (Wildman–Crippen MR) is 223 cm³/mol. The third-order valence-electron chi connectivity index (χ3n) is 13.7. The summed E-state index contributed by atoms with van der Waals surface area (Å²) in [5.74, 6) is 0. The molecule has 10 rings (SSSR count). The van der Waals surface area contributed by atoms with E-state index in [1.54, 1.807) is 22.3 Å². The SMILES string of the molecule is CC1(C)C2=C(C=CC(N(C3=CC=C(C4(C5=CC=CCC5)C5=C(C=CCC5)c5ccccc54)CC3)C3=C(C4=CC=CCC4)C=CCC3)C2)c2ccccc21. The van der Waals surface area contributed by atoms with Crippen LogP contribution in [0.3, 0.4) is 0 Å². The molecule has 0 aliphatic heterocycles. The van der Waals surface area contributed by atoms with E-state index in [2.05, 4.69) is 152 Å². The molecule has 0 amide bonds. The molecule has 0 bridgehead atoms. The Hall–Kier alpha value is -4.88. The lowest BCUT2D eigenvalue weighted by molar-refractivity contribution is 0.321. The summed E-state index contributed by atoms with van der Waals surface area (Å²) in [5.41, 5.74) is 21.1. The van der Waals surface area contributed by atoms with Crippen molar-refractivity contribution in [2.75, 3.05) is 0 Å². The second-order valence-electron chi connectivity index (χ2n) is 16.7. The molecule has 8 aliphatic rings. The molecular weight excluding hydrogens is 639 g/mol. The summed E-state index contributed by atoms with van der Waals surface area (Å²) in [5, 5.41) is 0. The van der Waals surface area contributed by atoms with E-state index in [-0.39, 0.29) is 16.9 Å². The molecule has 0 N–H and O–H groups in total. The highest BCUT2D eigenvalue weighted by Crippen LogP contribution is 2.60. The van der Waals surface area contributed by atoms with Gasteiger partial charge in [0.25, 0.3) is 0 Å². The zero-order chi connectivity index (χ0) is 35.6. The van der Waals surface area contributed by atoms with E-state index >= 15 is 0 Å². The lowest BCUT2D eigenvalue weighted by Gasteiger charge is -2.44. The van der Waals surface area contributed by atoms with Crippen LogP contribution < -0.4 is 0 Å². The number of nitrogens with zero attached hydrogens (tertiary/aromatic N) is 1. The van der Waals surface area contributed by atoms with E-state index in [9.17, 15) is 0 Å². The van der Waals surface area contributed by atoms with Gasteiger partial charge in [-0.05, 0) is 132 Å². The van der Waals surface area contributed by atoms with E-state index in [1.807, 2.05) is 0 Å². The van der Waals surface area contributed by atoms with E-state index in [1.165, 1.54) is 55.9 Å². The topological polar surface area (TPSA) is 3.24 Å². The molecule has 53 heavy (non-hydrogen) atoms. The average molecular weight is 690 g/mol. The minimum Gasteiger partial charge on any atom is -0.341 e. The highest BCUT2D eigenvalue weighted by molar-refractivity contribution is 5.91. The normalized spacial score (nSPS) is 26.5. The average Bonchev–Trinajstić information content (AvgIpc) is 3.65. The van der Waals surface area contributed by atoms with Crippen LogP contribution in [-0.2, 0) is 10.8 Å². The summed E-state index contributed by atoms with van der Waals surface area (Å²) >= 11 is 0. The van der Waals surface area contributed by atoms with Gasteiger partial charge in [-0.3, -0.25) is 0 Å². The maximum absolute atomic E-state index is 2.83. The molecule has 2 unspecified atom stereocenters. The Morgan fingerprint density at radius 1 is 0.566 bits per heavy atom. The van der Waals surface area contributed by atoms with Crippen LogP contribution in [0, 0.1) is 0 Å². The third-order valence-corrected chi connectivity index (χ3v) is 13.7. The number of allylic oxidation sites excluding steroid dienone is 22. The van der Waals surface area contributed by atoms with Crippen LogP contribution in [-0.4, -0.2) is 10.9 Å². The molecule has 2 aromatic rings. The minimum absolute atomic E-state index is 0.0271. The van der Waals surface area contributed by atoms with Crippen LogP contribution in [0.25, 0.3) is 11.1 Å². The van der Waals surface area contributed by atoms with Crippen molar-refractivity contribution >= 4 is 11.1 Å². The fraction of sp³-hybridized carbons (Fsp3) is 0.308. The van der Waals surface area contributed by atoms with Crippen molar-refractivity contribution in [3.8, 4) is 0 Å². The zero-order valence-corrected chi connectivity index (χ0v) is 31.5. The molecule has 264 valence electrons. The van der Waals surface area contributed by atoms with Crippen LogP contribution in [0.4, 0.5) is 0 Å². The number of fused-ring (bicyclic) bond motifs is 4. The highest BCUT2D eigenvalue weighted by Gasteiger charge is 2.50. The fourth-order valence-corrected chi connectivity index (χ4v) is 11.3.